The fourth-order valence-corrected chi connectivity index (χ4v) is 4.22. The minimum absolute atomic E-state index is 0.434. The quantitative estimate of drug-likeness (QED) is 0.822. The van der Waals surface area contributed by atoms with Crippen LogP contribution < -0.4 is 5.32 Å². The molecule has 1 heterocycles. The lowest BCUT2D eigenvalue weighted by atomic mass is 10.1. The van der Waals surface area contributed by atoms with Crippen molar-refractivity contribution in [1.29, 1.82) is 0 Å². The van der Waals surface area contributed by atoms with Crippen LogP contribution in [0.5, 0.6) is 0 Å². The van der Waals surface area contributed by atoms with Gasteiger partial charge in [0.05, 0.1) is 4.90 Å². The van der Waals surface area contributed by atoms with Crippen LogP contribution in [0, 0.1) is 6.92 Å². The van der Waals surface area contributed by atoms with Gasteiger partial charge in [-0.25, -0.2) is 8.42 Å². The summed E-state index contributed by atoms with van der Waals surface area (Å²) in [7, 11) is -3.33. The van der Waals surface area contributed by atoms with Gasteiger partial charge in [-0.2, -0.15) is 4.31 Å². The molecule has 0 aromatic heterocycles. The highest BCUT2D eigenvalue weighted by atomic mass is 32.2. The Hall–Kier alpha value is -0.910. The molecule has 0 radical (unpaired) electrons. The number of benzene rings is 1. The zero-order valence-electron chi connectivity index (χ0n) is 13.1. The monoisotopic (exact) mass is 310 g/mol. The van der Waals surface area contributed by atoms with Crippen molar-refractivity contribution in [3.05, 3.63) is 29.3 Å². The van der Waals surface area contributed by atoms with Gasteiger partial charge in [-0.1, -0.05) is 19.4 Å². The fraction of sp³-hybridized carbons (Fsp3) is 0.625. The van der Waals surface area contributed by atoms with Crippen LogP contribution in [-0.2, 0) is 16.6 Å². The predicted molar refractivity (Wildman–Crippen MR) is 85.8 cm³/mol. The lowest BCUT2D eigenvalue weighted by molar-refractivity contribution is 0.346. The summed E-state index contributed by atoms with van der Waals surface area (Å²) in [5.74, 6) is 0. The van der Waals surface area contributed by atoms with E-state index in [9.17, 15) is 8.42 Å². The van der Waals surface area contributed by atoms with Crippen LogP contribution in [0.1, 0.15) is 43.7 Å². The number of aryl methyl sites for hydroxylation is 1. The van der Waals surface area contributed by atoms with E-state index in [1.807, 2.05) is 19.1 Å². The van der Waals surface area contributed by atoms with Crippen LogP contribution in [-0.4, -0.2) is 32.4 Å². The molecule has 5 heteroatoms. The lowest BCUT2D eigenvalue weighted by Gasteiger charge is -2.26. The molecule has 1 fully saturated rings. The molecule has 1 aromatic rings. The molecule has 1 aliphatic rings. The van der Waals surface area contributed by atoms with Crippen molar-refractivity contribution in [2.45, 2.75) is 51.0 Å². The van der Waals surface area contributed by atoms with E-state index in [4.69, 9.17) is 0 Å². The zero-order chi connectivity index (χ0) is 15.3. The molecular formula is C16H26N2O2S. The van der Waals surface area contributed by atoms with Crippen molar-refractivity contribution in [3.8, 4) is 0 Å². The van der Waals surface area contributed by atoms with Gasteiger partial charge in [0.15, 0.2) is 0 Å². The highest BCUT2D eigenvalue weighted by Gasteiger charge is 2.26. The number of sulfonamides is 1. The van der Waals surface area contributed by atoms with Crippen LogP contribution in [0.25, 0.3) is 0 Å². The molecule has 0 amide bonds. The summed E-state index contributed by atoms with van der Waals surface area (Å²) in [6.45, 7) is 7.13. The van der Waals surface area contributed by atoms with E-state index < -0.39 is 10.0 Å². The first-order valence-corrected chi connectivity index (χ1v) is 9.30. The van der Waals surface area contributed by atoms with E-state index in [1.54, 1.807) is 10.4 Å². The molecule has 0 unspecified atom stereocenters. The summed E-state index contributed by atoms with van der Waals surface area (Å²) >= 11 is 0. The Morgan fingerprint density at radius 3 is 2.57 bits per heavy atom. The summed E-state index contributed by atoms with van der Waals surface area (Å²) in [6, 6.07) is 5.49. The third kappa shape index (κ3) is 4.05. The van der Waals surface area contributed by atoms with Gasteiger partial charge in [-0.05, 0) is 56.0 Å². The van der Waals surface area contributed by atoms with Crippen LogP contribution in [0.3, 0.4) is 0 Å². The molecule has 1 aromatic carbocycles. The first kappa shape index (κ1) is 16.5. The maximum Gasteiger partial charge on any atom is 0.243 e. The minimum atomic E-state index is -3.33. The number of nitrogens with one attached hydrogen (secondary N) is 1. The standard InChI is InChI=1S/C16H26N2O2S/c1-3-9-17-13-15-12-16(8-7-14(15)2)21(19,20)18-10-5-4-6-11-18/h7-8,12,17H,3-6,9-11,13H2,1-2H3. The molecule has 0 atom stereocenters. The van der Waals surface area contributed by atoms with Gasteiger partial charge in [-0.3, -0.25) is 0 Å². The van der Waals surface area contributed by atoms with Crippen LogP contribution in [0.2, 0.25) is 0 Å². The van der Waals surface area contributed by atoms with Gasteiger partial charge in [0.1, 0.15) is 0 Å². The molecule has 1 saturated heterocycles. The number of rotatable bonds is 6. The van der Waals surface area contributed by atoms with Crippen LogP contribution in [0.4, 0.5) is 0 Å². The molecule has 0 spiro atoms. The van der Waals surface area contributed by atoms with E-state index in [-0.39, 0.29) is 0 Å². The Morgan fingerprint density at radius 2 is 1.90 bits per heavy atom. The summed E-state index contributed by atoms with van der Waals surface area (Å²) in [5.41, 5.74) is 2.21. The van der Waals surface area contributed by atoms with Crippen molar-refractivity contribution in [2.24, 2.45) is 0 Å². The Kier molecular flexibility index (Phi) is 5.79. The van der Waals surface area contributed by atoms with Gasteiger partial charge in [0, 0.05) is 19.6 Å². The Labute approximate surface area is 128 Å². The third-order valence-electron chi connectivity index (χ3n) is 4.02. The molecule has 0 bridgehead atoms. The molecule has 4 nitrogen and oxygen atoms in total. The van der Waals surface area contributed by atoms with Gasteiger partial charge in [-0.15, -0.1) is 0 Å². The second kappa shape index (κ2) is 7.38. The fourth-order valence-electron chi connectivity index (χ4n) is 2.65. The maximum atomic E-state index is 12.7. The summed E-state index contributed by atoms with van der Waals surface area (Å²) in [6.07, 6.45) is 4.14. The van der Waals surface area contributed by atoms with Gasteiger partial charge in [0.25, 0.3) is 0 Å². The minimum Gasteiger partial charge on any atom is -0.313 e. The molecule has 1 N–H and O–H groups in total. The van der Waals surface area contributed by atoms with Gasteiger partial charge < -0.3 is 5.32 Å². The normalized spacial score (nSPS) is 17.0. The average Bonchev–Trinajstić information content (AvgIpc) is 2.50. The first-order chi connectivity index (χ1) is 10.1. The highest BCUT2D eigenvalue weighted by molar-refractivity contribution is 7.89. The van der Waals surface area contributed by atoms with Crippen molar-refractivity contribution in [1.82, 2.24) is 9.62 Å². The largest absolute Gasteiger partial charge is 0.313 e. The van der Waals surface area contributed by atoms with E-state index in [1.165, 1.54) is 0 Å². The summed E-state index contributed by atoms with van der Waals surface area (Å²) in [5, 5.41) is 3.34. The molecule has 21 heavy (non-hydrogen) atoms. The topological polar surface area (TPSA) is 49.4 Å². The third-order valence-corrected chi connectivity index (χ3v) is 5.91. The molecule has 0 aliphatic carbocycles. The number of hydrogen-bond donors (Lipinski definition) is 1. The highest BCUT2D eigenvalue weighted by Crippen LogP contribution is 2.22. The van der Waals surface area contributed by atoms with Crippen molar-refractivity contribution < 1.29 is 8.42 Å². The number of piperidine rings is 1. The number of nitrogens with zero attached hydrogens (tertiary/aromatic N) is 1. The average molecular weight is 310 g/mol. The second-order valence-electron chi connectivity index (χ2n) is 5.73. The van der Waals surface area contributed by atoms with Crippen LogP contribution >= 0.6 is 0 Å². The second-order valence-corrected chi connectivity index (χ2v) is 7.67. The predicted octanol–water partition coefficient (Wildman–Crippen LogP) is 2.67. The van der Waals surface area contributed by atoms with Crippen LogP contribution in [0.15, 0.2) is 23.1 Å². The van der Waals surface area contributed by atoms with E-state index >= 15 is 0 Å². The Morgan fingerprint density at radius 1 is 1.19 bits per heavy atom. The molecule has 1 aliphatic heterocycles. The SMILES string of the molecule is CCCNCc1cc(S(=O)(=O)N2CCCCC2)ccc1C. The van der Waals surface area contributed by atoms with Crippen molar-refractivity contribution in [3.63, 3.8) is 0 Å². The molecular weight excluding hydrogens is 284 g/mol. The maximum absolute atomic E-state index is 12.7. The zero-order valence-corrected chi connectivity index (χ0v) is 13.9. The smallest absolute Gasteiger partial charge is 0.243 e. The first-order valence-electron chi connectivity index (χ1n) is 7.86. The molecule has 0 saturated carbocycles. The number of hydrogen-bond acceptors (Lipinski definition) is 3. The van der Waals surface area contributed by atoms with Crippen molar-refractivity contribution in [2.75, 3.05) is 19.6 Å². The summed E-state index contributed by atoms with van der Waals surface area (Å²) < 4.78 is 27.0. The van der Waals surface area contributed by atoms with E-state index in [0.717, 1.165) is 49.9 Å². The molecule has 118 valence electrons. The lowest BCUT2D eigenvalue weighted by Crippen LogP contribution is -2.35. The van der Waals surface area contributed by atoms with Gasteiger partial charge in [0.2, 0.25) is 10.0 Å². The van der Waals surface area contributed by atoms with Gasteiger partial charge >= 0.3 is 0 Å². The van der Waals surface area contributed by atoms with E-state index in [2.05, 4.69) is 12.2 Å². The molecule has 2 rings (SSSR count). The van der Waals surface area contributed by atoms with Crippen molar-refractivity contribution >= 4 is 10.0 Å². The summed E-state index contributed by atoms with van der Waals surface area (Å²) in [4.78, 5) is 0.434. The van der Waals surface area contributed by atoms with E-state index in [0.29, 0.717) is 18.0 Å². The Balaban J connectivity index is 2.20. The Bertz CT molecular complexity index is 564.